The molecule has 0 aromatic carbocycles. The van der Waals surface area contributed by atoms with Crippen LogP contribution in [-0.4, -0.2) is 21.9 Å². The molecule has 0 bridgehead atoms. The zero-order chi connectivity index (χ0) is 10.6. The number of nitrogens with two attached hydrogens (primary N) is 1. The van der Waals surface area contributed by atoms with Crippen LogP contribution in [0.5, 0.6) is 0 Å². The zero-order valence-corrected chi connectivity index (χ0v) is 8.27. The van der Waals surface area contributed by atoms with Crippen molar-refractivity contribution in [1.82, 2.24) is 9.97 Å². The van der Waals surface area contributed by atoms with Crippen LogP contribution >= 0.6 is 0 Å². The summed E-state index contributed by atoms with van der Waals surface area (Å²) < 4.78 is 0. The summed E-state index contributed by atoms with van der Waals surface area (Å²) in [4.78, 5) is 19.0. The summed E-state index contributed by atoms with van der Waals surface area (Å²) in [7, 11) is 0. The van der Waals surface area contributed by atoms with Crippen LogP contribution < -0.4 is 11.1 Å². The topological polar surface area (TPSA) is 80.9 Å². The van der Waals surface area contributed by atoms with E-state index < -0.39 is 6.04 Å². The van der Waals surface area contributed by atoms with Gasteiger partial charge in [-0.15, -0.1) is 0 Å². The largest absolute Gasteiger partial charge is 0.322 e. The molecule has 76 valence electrons. The van der Waals surface area contributed by atoms with Crippen LogP contribution in [0.25, 0.3) is 0 Å². The fraction of sp³-hybridized carbons (Fsp3) is 0.444. The highest BCUT2D eigenvalue weighted by Gasteiger charge is 2.16. The molecule has 1 aromatic rings. The minimum absolute atomic E-state index is 0.111. The van der Waals surface area contributed by atoms with E-state index in [1.54, 1.807) is 0 Å². The molecule has 0 aliphatic rings. The highest BCUT2D eigenvalue weighted by molar-refractivity contribution is 5.94. The number of amides is 1. The molecular formula is C9H14N4O. The second kappa shape index (κ2) is 4.66. The molecule has 1 amide bonds. The molecule has 3 N–H and O–H groups in total. The van der Waals surface area contributed by atoms with Gasteiger partial charge in [-0.25, -0.2) is 9.97 Å². The van der Waals surface area contributed by atoms with Crippen molar-refractivity contribution in [3.63, 3.8) is 0 Å². The maximum absolute atomic E-state index is 11.5. The number of carbonyl (C=O) groups is 1. The Kier molecular flexibility index (Phi) is 3.53. The third-order valence-electron chi connectivity index (χ3n) is 1.85. The van der Waals surface area contributed by atoms with Crippen molar-refractivity contribution in [2.75, 3.05) is 5.32 Å². The highest BCUT2D eigenvalue weighted by atomic mass is 16.2. The Balaban J connectivity index is 2.58. The van der Waals surface area contributed by atoms with Gasteiger partial charge in [0.05, 0.1) is 24.1 Å². The van der Waals surface area contributed by atoms with Crippen molar-refractivity contribution in [1.29, 1.82) is 0 Å². The smallest absolute Gasteiger partial charge is 0.241 e. The van der Waals surface area contributed by atoms with E-state index in [1.807, 2.05) is 13.8 Å². The lowest BCUT2D eigenvalue weighted by atomic mass is 10.1. The predicted octanol–water partition coefficient (Wildman–Crippen LogP) is 0.398. The van der Waals surface area contributed by atoms with Gasteiger partial charge in [0.25, 0.3) is 0 Å². The number of hydrogen-bond donors (Lipinski definition) is 2. The molecule has 0 saturated heterocycles. The van der Waals surface area contributed by atoms with E-state index in [2.05, 4.69) is 15.3 Å². The molecule has 1 heterocycles. The van der Waals surface area contributed by atoms with Crippen molar-refractivity contribution < 1.29 is 4.79 Å². The zero-order valence-electron chi connectivity index (χ0n) is 8.27. The Morgan fingerprint density at radius 3 is 2.50 bits per heavy atom. The third-order valence-corrected chi connectivity index (χ3v) is 1.85. The Hall–Kier alpha value is -1.49. The molecule has 1 atom stereocenters. The van der Waals surface area contributed by atoms with Crippen molar-refractivity contribution in [3.8, 4) is 0 Å². The Morgan fingerprint density at radius 1 is 1.43 bits per heavy atom. The third kappa shape index (κ3) is 2.77. The van der Waals surface area contributed by atoms with Crippen LogP contribution in [0, 0.1) is 5.92 Å². The van der Waals surface area contributed by atoms with E-state index in [0.29, 0.717) is 5.69 Å². The van der Waals surface area contributed by atoms with E-state index in [9.17, 15) is 4.79 Å². The Morgan fingerprint density at radius 2 is 2.00 bits per heavy atom. The summed E-state index contributed by atoms with van der Waals surface area (Å²) in [5.41, 5.74) is 6.22. The quantitative estimate of drug-likeness (QED) is 0.729. The fourth-order valence-corrected chi connectivity index (χ4v) is 0.892. The van der Waals surface area contributed by atoms with E-state index in [4.69, 9.17) is 5.73 Å². The van der Waals surface area contributed by atoms with Crippen molar-refractivity contribution in [3.05, 3.63) is 18.7 Å². The van der Waals surface area contributed by atoms with Gasteiger partial charge in [-0.3, -0.25) is 4.79 Å². The average molecular weight is 194 g/mol. The lowest BCUT2D eigenvalue weighted by molar-refractivity contribution is -0.118. The molecule has 5 nitrogen and oxygen atoms in total. The summed E-state index contributed by atoms with van der Waals surface area (Å²) in [6.45, 7) is 3.79. The Labute approximate surface area is 82.7 Å². The van der Waals surface area contributed by atoms with Crippen molar-refractivity contribution in [2.45, 2.75) is 19.9 Å². The van der Waals surface area contributed by atoms with Crippen LogP contribution in [0.2, 0.25) is 0 Å². The second-order valence-corrected chi connectivity index (χ2v) is 3.39. The fourth-order valence-electron chi connectivity index (χ4n) is 0.892. The molecule has 0 radical (unpaired) electrons. The number of anilines is 1. The van der Waals surface area contributed by atoms with Gasteiger partial charge in [0, 0.05) is 0 Å². The molecule has 0 fully saturated rings. The monoisotopic (exact) mass is 194 g/mol. The average Bonchev–Trinajstić information content (AvgIpc) is 2.18. The molecule has 5 heteroatoms. The van der Waals surface area contributed by atoms with Crippen molar-refractivity contribution >= 4 is 11.6 Å². The molecule has 0 saturated carbocycles. The first-order valence-electron chi connectivity index (χ1n) is 4.42. The molecule has 1 aromatic heterocycles. The first-order chi connectivity index (χ1) is 6.61. The number of nitrogens with one attached hydrogen (secondary N) is 1. The maximum Gasteiger partial charge on any atom is 0.241 e. The van der Waals surface area contributed by atoms with Crippen LogP contribution in [-0.2, 0) is 4.79 Å². The van der Waals surface area contributed by atoms with Crippen molar-refractivity contribution in [2.24, 2.45) is 11.7 Å². The molecule has 0 unspecified atom stereocenters. The summed E-state index contributed by atoms with van der Waals surface area (Å²) in [6.07, 6.45) is 4.45. The predicted molar refractivity (Wildman–Crippen MR) is 53.5 cm³/mol. The van der Waals surface area contributed by atoms with Gasteiger partial charge in [-0.1, -0.05) is 13.8 Å². The van der Waals surface area contributed by atoms with Gasteiger partial charge >= 0.3 is 0 Å². The van der Waals surface area contributed by atoms with E-state index in [0.717, 1.165) is 0 Å². The standard InChI is InChI=1S/C9H14N4O/c1-6(2)8(10)9(14)13-7-3-11-5-12-4-7/h3-6,8H,10H2,1-2H3,(H,13,14)/t8-/m1/s1. The lowest BCUT2D eigenvalue weighted by Crippen LogP contribution is -2.39. The Bertz CT molecular complexity index is 299. The van der Waals surface area contributed by atoms with E-state index in [-0.39, 0.29) is 11.8 Å². The number of nitrogens with zero attached hydrogens (tertiary/aromatic N) is 2. The highest BCUT2D eigenvalue weighted by Crippen LogP contribution is 2.04. The lowest BCUT2D eigenvalue weighted by Gasteiger charge is -2.14. The van der Waals surface area contributed by atoms with Gasteiger partial charge in [0.2, 0.25) is 5.91 Å². The minimum Gasteiger partial charge on any atom is -0.322 e. The van der Waals surface area contributed by atoms with E-state index >= 15 is 0 Å². The maximum atomic E-state index is 11.5. The van der Waals surface area contributed by atoms with Gasteiger partial charge in [0.1, 0.15) is 6.33 Å². The molecular weight excluding hydrogens is 180 g/mol. The first kappa shape index (κ1) is 10.6. The van der Waals surface area contributed by atoms with Gasteiger partial charge in [-0.2, -0.15) is 0 Å². The summed E-state index contributed by atoms with van der Waals surface area (Å²) in [5.74, 6) is -0.102. The number of carbonyl (C=O) groups excluding carboxylic acids is 1. The summed E-state index contributed by atoms with van der Waals surface area (Å²) in [5, 5.41) is 2.63. The van der Waals surface area contributed by atoms with Crippen LogP contribution in [0.4, 0.5) is 5.69 Å². The number of rotatable bonds is 3. The number of aromatic nitrogens is 2. The molecule has 0 spiro atoms. The summed E-state index contributed by atoms with van der Waals surface area (Å²) >= 11 is 0. The normalized spacial score (nSPS) is 12.6. The van der Waals surface area contributed by atoms with Crippen LogP contribution in [0.15, 0.2) is 18.7 Å². The van der Waals surface area contributed by atoms with E-state index in [1.165, 1.54) is 18.7 Å². The molecule has 0 aliphatic heterocycles. The van der Waals surface area contributed by atoms with Crippen LogP contribution in [0.1, 0.15) is 13.8 Å². The SMILES string of the molecule is CC(C)[C@@H](N)C(=O)Nc1cncnc1. The molecule has 1 rings (SSSR count). The second-order valence-electron chi connectivity index (χ2n) is 3.39. The first-order valence-corrected chi connectivity index (χ1v) is 4.42. The van der Waals surface area contributed by atoms with Crippen LogP contribution in [0.3, 0.4) is 0 Å². The molecule has 0 aliphatic carbocycles. The number of hydrogen-bond acceptors (Lipinski definition) is 4. The van der Waals surface area contributed by atoms with Gasteiger partial charge in [0.15, 0.2) is 0 Å². The summed E-state index contributed by atoms with van der Waals surface area (Å²) in [6, 6.07) is -0.504. The van der Waals surface area contributed by atoms with Gasteiger partial charge in [-0.05, 0) is 5.92 Å². The minimum atomic E-state index is -0.504. The van der Waals surface area contributed by atoms with Gasteiger partial charge < -0.3 is 11.1 Å². The molecule has 14 heavy (non-hydrogen) atoms.